The Labute approximate surface area is 146 Å². The molecular weight excluding hydrogens is 390 g/mol. The number of thiophene rings is 1. The molecular formula is C15H15BrClNOS2. The van der Waals surface area contributed by atoms with Crippen LogP contribution in [0.1, 0.15) is 10.4 Å². The minimum Gasteiger partial charge on any atom is -0.340 e. The third kappa shape index (κ3) is 5.66. The topological polar surface area (TPSA) is 20.3 Å². The van der Waals surface area contributed by atoms with Crippen molar-refractivity contribution in [3.63, 3.8) is 0 Å². The molecule has 0 spiro atoms. The summed E-state index contributed by atoms with van der Waals surface area (Å²) in [7, 11) is 1.84. The van der Waals surface area contributed by atoms with E-state index in [0.717, 1.165) is 20.8 Å². The average molecular weight is 405 g/mol. The number of benzene rings is 1. The standard InChI is InChI=1S/C15H15BrClNOS2/c1-18(7-14-6-12(16)9-21-14)15(19)10-20-8-11-3-2-4-13(17)5-11/h2-6,9H,7-8,10H2,1H3. The van der Waals surface area contributed by atoms with Crippen LogP contribution in [0.4, 0.5) is 0 Å². The number of rotatable bonds is 6. The molecule has 0 bridgehead atoms. The van der Waals surface area contributed by atoms with Gasteiger partial charge in [0.2, 0.25) is 5.91 Å². The SMILES string of the molecule is CN(Cc1cc(Br)cs1)C(=O)CSCc1cccc(Cl)c1. The Kier molecular flexibility index (Phi) is 6.61. The summed E-state index contributed by atoms with van der Waals surface area (Å²) in [6, 6.07) is 9.80. The fourth-order valence-electron chi connectivity index (χ4n) is 1.75. The first-order valence-corrected chi connectivity index (χ1v) is 9.54. The summed E-state index contributed by atoms with van der Waals surface area (Å²) in [6.45, 7) is 0.660. The van der Waals surface area contributed by atoms with Crippen LogP contribution in [0.3, 0.4) is 0 Å². The predicted molar refractivity (Wildman–Crippen MR) is 96.1 cm³/mol. The highest BCUT2D eigenvalue weighted by Gasteiger charge is 2.10. The maximum Gasteiger partial charge on any atom is 0.232 e. The lowest BCUT2D eigenvalue weighted by Gasteiger charge is -2.16. The molecule has 112 valence electrons. The molecule has 0 aliphatic heterocycles. The lowest BCUT2D eigenvalue weighted by Crippen LogP contribution is -2.27. The van der Waals surface area contributed by atoms with Crippen LogP contribution >= 0.6 is 50.6 Å². The first-order valence-electron chi connectivity index (χ1n) is 6.33. The van der Waals surface area contributed by atoms with E-state index >= 15 is 0 Å². The maximum absolute atomic E-state index is 12.1. The molecule has 0 fully saturated rings. The van der Waals surface area contributed by atoms with Crippen molar-refractivity contribution in [3.05, 3.63) is 55.6 Å². The number of hydrogen-bond acceptors (Lipinski definition) is 3. The minimum absolute atomic E-state index is 0.145. The summed E-state index contributed by atoms with van der Waals surface area (Å²) in [6.07, 6.45) is 0. The van der Waals surface area contributed by atoms with Crippen molar-refractivity contribution >= 4 is 56.5 Å². The van der Waals surface area contributed by atoms with Gasteiger partial charge in [-0.1, -0.05) is 23.7 Å². The molecule has 0 aliphatic rings. The summed E-state index contributed by atoms with van der Waals surface area (Å²) in [4.78, 5) is 15.0. The van der Waals surface area contributed by atoms with Gasteiger partial charge in [-0.2, -0.15) is 0 Å². The average Bonchev–Trinajstić information content (AvgIpc) is 2.84. The van der Waals surface area contributed by atoms with Crippen LogP contribution < -0.4 is 0 Å². The van der Waals surface area contributed by atoms with Crippen molar-refractivity contribution in [2.24, 2.45) is 0 Å². The molecule has 0 N–H and O–H groups in total. The quantitative estimate of drug-likeness (QED) is 0.671. The van der Waals surface area contributed by atoms with Crippen LogP contribution in [0.5, 0.6) is 0 Å². The van der Waals surface area contributed by atoms with Gasteiger partial charge in [-0.25, -0.2) is 0 Å². The smallest absolute Gasteiger partial charge is 0.232 e. The predicted octanol–water partition coefficient (Wildman–Crippen LogP) is 5.06. The lowest BCUT2D eigenvalue weighted by atomic mass is 10.2. The second kappa shape index (κ2) is 8.22. The largest absolute Gasteiger partial charge is 0.340 e. The molecule has 2 nitrogen and oxygen atoms in total. The molecule has 0 atom stereocenters. The van der Waals surface area contributed by atoms with Gasteiger partial charge in [-0.15, -0.1) is 23.1 Å². The molecule has 2 aromatic rings. The molecule has 0 saturated carbocycles. The van der Waals surface area contributed by atoms with Crippen molar-refractivity contribution in [1.82, 2.24) is 4.90 Å². The number of carbonyl (C=O) groups is 1. The van der Waals surface area contributed by atoms with Gasteiger partial charge in [0.1, 0.15) is 0 Å². The molecule has 0 aliphatic carbocycles. The van der Waals surface area contributed by atoms with Gasteiger partial charge in [-0.05, 0) is 39.7 Å². The van der Waals surface area contributed by atoms with Gasteiger partial charge in [0.15, 0.2) is 0 Å². The molecule has 0 unspecified atom stereocenters. The van der Waals surface area contributed by atoms with E-state index in [2.05, 4.69) is 15.9 Å². The van der Waals surface area contributed by atoms with Crippen molar-refractivity contribution in [2.45, 2.75) is 12.3 Å². The Balaban J connectivity index is 1.76. The summed E-state index contributed by atoms with van der Waals surface area (Å²) < 4.78 is 1.07. The monoisotopic (exact) mass is 403 g/mol. The van der Waals surface area contributed by atoms with Crippen LogP contribution in [-0.4, -0.2) is 23.6 Å². The van der Waals surface area contributed by atoms with E-state index in [1.807, 2.05) is 42.8 Å². The first kappa shape index (κ1) is 16.9. The zero-order valence-corrected chi connectivity index (χ0v) is 15.5. The van der Waals surface area contributed by atoms with E-state index in [-0.39, 0.29) is 5.91 Å². The fourth-order valence-corrected chi connectivity index (χ4v) is 4.38. The highest BCUT2D eigenvalue weighted by Crippen LogP contribution is 2.21. The zero-order valence-electron chi connectivity index (χ0n) is 11.5. The normalized spacial score (nSPS) is 10.6. The van der Waals surface area contributed by atoms with Crippen LogP contribution in [0.2, 0.25) is 5.02 Å². The van der Waals surface area contributed by atoms with E-state index in [1.54, 1.807) is 28.0 Å². The highest BCUT2D eigenvalue weighted by atomic mass is 79.9. The molecule has 1 aromatic heterocycles. The molecule has 21 heavy (non-hydrogen) atoms. The Morgan fingerprint density at radius 3 is 2.90 bits per heavy atom. The molecule has 1 aromatic carbocycles. The molecule has 1 heterocycles. The van der Waals surface area contributed by atoms with Gasteiger partial charge in [-0.3, -0.25) is 4.79 Å². The number of halogens is 2. The van der Waals surface area contributed by atoms with Gasteiger partial charge in [0, 0.05) is 32.6 Å². The molecule has 0 saturated heterocycles. The number of hydrogen-bond donors (Lipinski definition) is 0. The van der Waals surface area contributed by atoms with Gasteiger partial charge in [0.05, 0.1) is 12.3 Å². The summed E-state index contributed by atoms with van der Waals surface area (Å²) in [5, 5.41) is 2.77. The second-order valence-electron chi connectivity index (χ2n) is 4.60. The van der Waals surface area contributed by atoms with Crippen molar-refractivity contribution in [3.8, 4) is 0 Å². The van der Waals surface area contributed by atoms with Crippen molar-refractivity contribution in [1.29, 1.82) is 0 Å². The highest BCUT2D eigenvalue weighted by molar-refractivity contribution is 9.10. The summed E-state index contributed by atoms with van der Waals surface area (Å²) in [5.74, 6) is 1.42. The van der Waals surface area contributed by atoms with E-state index in [1.165, 1.54) is 4.88 Å². The van der Waals surface area contributed by atoms with Crippen molar-refractivity contribution in [2.75, 3.05) is 12.8 Å². The summed E-state index contributed by atoms with van der Waals surface area (Å²) in [5.41, 5.74) is 1.14. The maximum atomic E-state index is 12.1. The van der Waals surface area contributed by atoms with E-state index in [0.29, 0.717) is 12.3 Å². The van der Waals surface area contributed by atoms with Crippen molar-refractivity contribution < 1.29 is 4.79 Å². The van der Waals surface area contributed by atoms with E-state index < -0.39 is 0 Å². The number of thioether (sulfide) groups is 1. The summed E-state index contributed by atoms with van der Waals surface area (Å²) >= 11 is 12.6. The Morgan fingerprint density at radius 1 is 1.43 bits per heavy atom. The molecule has 6 heteroatoms. The Hall–Kier alpha value is -0.490. The molecule has 0 radical (unpaired) electrons. The van der Waals surface area contributed by atoms with Gasteiger partial charge >= 0.3 is 0 Å². The number of amides is 1. The van der Waals surface area contributed by atoms with Gasteiger partial charge in [0.25, 0.3) is 0 Å². The van der Waals surface area contributed by atoms with Crippen LogP contribution in [0.25, 0.3) is 0 Å². The van der Waals surface area contributed by atoms with E-state index in [4.69, 9.17) is 11.6 Å². The third-order valence-electron chi connectivity index (χ3n) is 2.82. The van der Waals surface area contributed by atoms with Crippen LogP contribution in [0.15, 0.2) is 40.2 Å². The zero-order chi connectivity index (χ0) is 15.2. The lowest BCUT2D eigenvalue weighted by molar-refractivity contribution is -0.127. The Bertz CT molecular complexity index is 617. The third-order valence-corrected chi connectivity index (χ3v) is 5.73. The first-order chi connectivity index (χ1) is 10.0. The number of nitrogens with zero attached hydrogens (tertiary/aromatic N) is 1. The molecule has 2 rings (SSSR count). The fraction of sp³-hybridized carbons (Fsp3) is 0.267. The number of carbonyl (C=O) groups excluding carboxylic acids is 1. The van der Waals surface area contributed by atoms with Crippen LogP contribution in [0, 0.1) is 0 Å². The van der Waals surface area contributed by atoms with Crippen LogP contribution in [-0.2, 0) is 17.1 Å². The Morgan fingerprint density at radius 2 is 2.24 bits per heavy atom. The molecule has 1 amide bonds. The second-order valence-corrected chi connectivity index (χ2v) is 7.94. The van der Waals surface area contributed by atoms with Gasteiger partial charge < -0.3 is 4.90 Å². The minimum atomic E-state index is 0.145. The van der Waals surface area contributed by atoms with E-state index in [9.17, 15) is 4.79 Å².